The Hall–Kier alpha value is -4.27. The molecule has 0 saturated heterocycles. The van der Waals surface area contributed by atoms with Crippen LogP contribution < -0.4 is 16.0 Å². The first kappa shape index (κ1) is 24.8. The minimum absolute atomic E-state index is 0.0271. The molecule has 0 radical (unpaired) electrons. The summed E-state index contributed by atoms with van der Waals surface area (Å²) in [6, 6.07) is 8.84. The number of benzene rings is 1. The molecule has 36 heavy (non-hydrogen) atoms. The van der Waals surface area contributed by atoms with Crippen molar-refractivity contribution in [2.75, 3.05) is 25.5 Å². The van der Waals surface area contributed by atoms with Gasteiger partial charge in [0.05, 0.1) is 16.5 Å². The van der Waals surface area contributed by atoms with Crippen LogP contribution in [0.2, 0.25) is 0 Å². The van der Waals surface area contributed by atoms with Crippen LogP contribution in [0.1, 0.15) is 32.7 Å². The minimum Gasteiger partial charge on any atom is -0.322 e. The van der Waals surface area contributed by atoms with Crippen molar-refractivity contribution in [1.82, 2.24) is 30.8 Å². The van der Waals surface area contributed by atoms with Gasteiger partial charge in [-0.15, -0.1) is 0 Å². The summed E-state index contributed by atoms with van der Waals surface area (Å²) in [5.41, 5.74) is 1.02. The number of amides is 1. The van der Waals surface area contributed by atoms with Crippen LogP contribution in [-0.4, -0.2) is 46.2 Å². The van der Waals surface area contributed by atoms with Gasteiger partial charge in [-0.1, -0.05) is 12.0 Å². The number of hydrogen-bond acceptors (Lipinski definition) is 6. The van der Waals surface area contributed by atoms with Crippen molar-refractivity contribution in [3.05, 3.63) is 82.9 Å². The van der Waals surface area contributed by atoms with E-state index in [2.05, 4.69) is 48.0 Å². The van der Waals surface area contributed by atoms with Crippen molar-refractivity contribution >= 4 is 22.6 Å². The van der Waals surface area contributed by atoms with Crippen molar-refractivity contribution in [2.45, 2.75) is 12.7 Å². The molecule has 184 valence electrons. The molecule has 1 aromatic carbocycles. The summed E-state index contributed by atoms with van der Waals surface area (Å²) in [6.07, 6.45) is -0.136. The Morgan fingerprint density at radius 1 is 1.11 bits per heavy atom. The van der Waals surface area contributed by atoms with Crippen molar-refractivity contribution < 1.29 is 18.0 Å². The van der Waals surface area contributed by atoms with E-state index in [1.54, 1.807) is 19.3 Å². The Morgan fingerprint density at radius 2 is 1.97 bits per heavy atom. The number of pyridine rings is 2. The summed E-state index contributed by atoms with van der Waals surface area (Å²) in [6.45, 7) is 1.20. The van der Waals surface area contributed by atoms with E-state index < -0.39 is 17.6 Å². The van der Waals surface area contributed by atoms with Crippen LogP contribution in [0.5, 0.6) is 0 Å². The average molecular weight is 493 g/mol. The Morgan fingerprint density at radius 3 is 2.78 bits per heavy atom. The number of fused-ring (bicyclic) bond motifs is 1. The molecule has 8 nitrogen and oxygen atoms in total. The van der Waals surface area contributed by atoms with E-state index >= 15 is 0 Å². The van der Waals surface area contributed by atoms with Gasteiger partial charge in [0.2, 0.25) is 0 Å². The van der Waals surface area contributed by atoms with E-state index in [1.165, 1.54) is 30.6 Å². The second kappa shape index (κ2) is 11.0. The van der Waals surface area contributed by atoms with Gasteiger partial charge >= 0.3 is 6.18 Å². The zero-order valence-corrected chi connectivity index (χ0v) is 19.2. The Labute approximate surface area is 204 Å². The molecule has 4 N–H and O–H groups in total. The lowest BCUT2D eigenvalue weighted by molar-refractivity contribution is -0.138. The van der Waals surface area contributed by atoms with Crippen LogP contribution >= 0.6 is 0 Å². The van der Waals surface area contributed by atoms with E-state index in [0.29, 0.717) is 30.0 Å². The molecule has 0 saturated carbocycles. The number of nitrogens with one attached hydrogen (secondary N) is 4. The summed E-state index contributed by atoms with van der Waals surface area (Å²) in [7, 11) is 1.76. The molecule has 0 atom stereocenters. The number of anilines is 1. The maximum Gasteiger partial charge on any atom is 0.416 e. The number of alkyl halides is 3. The molecule has 11 heteroatoms. The van der Waals surface area contributed by atoms with Crippen LogP contribution in [0.15, 0.2) is 55.0 Å². The molecule has 4 aromatic rings. The van der Waals surface area contributed by atoms with Gasteiger partial charge in [0.15, 0.2) is 5.65 Å². The van der Waals surface area contributed by atoms with E-state index in [4.69, 9.17) is 0 Å². The van der Waals surface area contributed by atoms with Gasteiger partial charge in [0, 0.05) is 49.5 Å². The highest BCUT2D eigenvalue weighted by Gasteiger charge is 2.33. The largest absolute Gasteiger partial charge is 0.416 e. The number of aromatic amines is 1. The van der Waals surface area contributed by atoms with E-state index in [-0.39, 0.29) is 23.4 Å². The van der Waals surface area contributed by atoms with Gasteiger partial charge in [-0.3, -0.25) is 14.9 Å². The zero-order chi connectivity index (χ0) is 25.5. The number of likely N-dealkylation sites (N-methyl/N-ethyl adjacent to an activating group) is 1. The highest BCUT2D eigenvalue weighted by Crippen LogP contribution is 2.34. The van der Waals surface area contributed by atoms with Gasteiger partial charge in [-0.05, 0) is 48.9 Å². The third kappa shape index (κ3) is 6.04. The second-order valence-electron chi connectivity index (χ2n) is 7.79. The molecular formula is C25H22F3N7O. The van der Waals surface area contributed by atoms with E-state index in [1.807, 2.05) is 6.07 Å². The third-order valence-corrected chi connectivity index (χ3v) is 5.20. The number of carbonyl (C=O) groups excluding carboxylic acids is 1. The molecule has 1 amide bonds. The van der Waals surface area contributed by atoms with Crippen LogP contribution in [0.4, 0.5) is 18.9 Å². The standard InChI is InChI=1S/C25H22F3N7O/c1-29-9-10-30-14-17-5-6-19(12-21(17)25(26,27)28)33-24(36)18-11-16(13-31-15-18)4-7-22-20-3-2-8-32-23(20)35-34-22/h2-3,5-6,8,11-13,15,29-30H,9-10,14H2,1H3,(H,33,36)(H,32,34,35). The molecule has 0 aliphatic rings. The molecule has 0 aliphatic carbocycles. The number of rotatable bonds is 7. The maximum atomic E-state index is 13.6. The number of nitrogens with zero attached hydrogens (tertiary/aromatic N) is 3. The molecule has 0 aliphatic heterocycles. The zero-order valence-electron chi connectivity index (χ0n) is 19.2. The third-order valence-electron chi connectivity index (χ3n) is 5.20. The maximum absolute atomic E-state index is 13.6. The Kier molecular flexibility index (Phi) is 7.58. The topological polar surface area (TPSA) is 108 Å². The summed E-state index contributed by atoms with van der Waals surface area (Å²) >= 11 is 0. The first-order chi connectivity index (χ1) is 17.3. The van der Waals surface area contributed by atoms with Crippen molar-refractivity contribution in [3.8, 4) is 11.8 Å². The number of H-pyrrole nitrogens is 1. The SMILES string of the molecule is CNCCNCc1ccc(NC(=O)c2cncc(C#Cc3[nH]nc4ncccc34)c2)cc1C(F)(F)F. The van der Waals surface area contributed by atoms with Crippen molar-refractivity contribution in [2.24, 2.45) is 0 Å². The lowest BCUT2D eigenvalue weighted by atomic mass is 10.1. The number of halogens is 3. The summed E-state index contributed by atoms with van der Waals surface area (Å²) < 4.78 is 40.9. The second-order valence-corrected chi connectivity index (χ2v) is 7.79. The molecule has 0 spiro atoms. The van der Waals surface area contributed by atoms with E-state index in [9.17, 15) is 18.0 Å². The van der Waals surface area contributed by atoms with Crippen LogP contribution in [0.25, 0.3) is 11.0 Å². The van der Waals surface area contributed by atoms with E-state index in [0.717, 1.165) is 11.5 Å². The van der Waals surface area contributed by atoms with Crippen molar-refractivity contribution in [1.29, 1.82) is 0 Å². The van der Waals surface area contributed by atoms with Gasteiger partial charge in [-0.25, -0.2) is 4.98 Å². The Balaban J connectivity index is 1.50. The lowest BCUT2D eigenvalue weighted by Crippen LogP contribution is -2.25. The smallest absolute Gasteiger partial charge is 0.322 e. The normalized spacial score (nSPS) is 11.2. The summed E-state index contributed by atoms with van der Waals surface area (Å²) in [5, 5.41) is 16.0. The first-order valence-electron chi connectivity index (χ1n) is 11.0. The summed E-state index contributed by atoms with van der Waals surface area (Å²) in [4.78, 5) is 20.9. The molecule has 4 rings (SSSR count). The van der Waals surface area contributed by atoms with Gasteiger partial charge in [0.25, 0.3) is 5.91 Å². The van der Waals surface area contributed by atoms with Crippen LogP contribution in [0, 0.1) is 11.8 Å². The fraction of sp³-hybridized carbons (Fsp3) is 0.200. The number of aromatic nitrogens is 4. The quantitative estimate of drug-likeness (QED) is 0.232. The van der Waals surface area contributed by atoms with Crippen LogP contribution in [-0.2, 0) is 12.7 Å². The predicted molar refractivity (Wildman–Crippen MR) is 129 cm³/mol. The Bertz CT molecular complexity index is 1440. The fourth-order valence-electron chi connectivity index (χ4n) is 3.42. The number of carbonyl (C=O) groups is 1. The highest BCUT2D eigenvalue weighted by atomic mass is 19.4. The molecule has 0 fully saturated rings. The molecule has 3 heterocycles. The van der Waals surface area contributed by atoms with Gasteiger partial charge in [-0.2, -0.15) is 18.3 Å². The predicted octanol–water partition coefficient (Wildman–Crippen LogP) is 3.33. The first-order valence-corrected chi connectivity index (χ1v) is 11.0. The summed E-state index contributed by atoms with van der Waals surface area (Å²) in [5.74, 6) is 5.25. The molecule has 0 unspecified atom stereocenters. The van der Waals surface area contributed by atoms with Gasteiger partial charge in [0.1, 0.15) is 5.69 Å². The minimum atomic E-state index is -4.57. The lowest BCUT2D eigenvalue weighted by Gasteiger charge is -2.16. The monoisotopic (exact) mass is 493 g/mol. The van der Waals surface area contributed by atoms with Crippen LogP contribution in [0.3, 0.4) is 0 Å². The average Bonchev–Trinajstić information content (AvgIpc) is 3.29. The van der Waals surface area contributed by atoms with Gasteiger partial charge < -0.3 is 16.0 Å². The molecule has 0 bridgehead atoms. The molecular weight excluding hydrogens is 471 g/mol. The van der Waals surface area contributed by atoms with Crippen molar-refractivity contribution in [3.63, 3.8) is 0 Å². The number of hydrogen-bond donors (Lipinski definition) is 4. The molecule has 3 aromatic heterocycles. The fourth-order valence-corrected chi connectivity index (χ4v) is 3.42. The highest BCUT2D eigenvalue weighted by molar-refractivity contribution is 6.04.